The van der Waals surface area contributed by atoms with Crippen molar-refractivity contribution in [2.45, 2.75) is 9.92 Å². The van der Waals surface area contributed by atoms with Crippen molar-refractivity contribution < 1.29 is 4.92 Å². The number of nitrogens with one attached hydrogen (secondary N) is 1. The molecular weight excluding hydrogens is 332 g/mol. The zero-order valence-electron chi connectivity index (χ0n) is 9.54. The number of nitrogens with two attached hydrogens (primary N) is 1. The van der Waals surface area contributed by atoms with E-state index in [1.807, 2.05) is 12.1 Å². The van der Waals surface area contributed by atoms with Gasteiger partial charge in [0.2, 0.25) is 0 Å². The van der Waals surface area contributed by atoms with Gasteiger partial charge in [0.15, 0.2) is 0 Å². The van der Waals surface area contributed by atoms with E-state index in [2.05, 4.69) is 26.3 Å². The summed E-state index contributed by atoms with van der Waals surface area (Å²) < 4.78 is 0.875. The number of aromatic nitrogens is 1. The fourth-order valence-corrected chi connectivity index (χ4v) is 2.46. The Morgan fingerprint density at radius 1 is 1.37 bits per heavy atom. The SMILES string of the molecule is NNc1cc(Sc2ccc(Br)cn2)cc([N+](=O)[O-])c1. The molecular formula is C11H9BrN4O2S. The van der Waals surface area contributed by atoms with Gasteiger partial charge in [-0.15, -0.1) is 0 Å². The molecule has 0 fully saturated rings. The van der Waals surface area contributed by atoms with Crippen molar-refractivity contribution >= 4 is 39.1 Å². The Labute approximate surface area is 121 Å². The van der Waals surface area contributed by atoms with Crippen LogP contribution < -0.4 is 11.3 Å². The Hall–Kier alpha value is -1.64. The third-order valence-corrected chi connectivity index (χ3v) is 3.58. The number of pyridine rings is 1. The molecule has 19 heavy (non-hydrogen) atoms. The number of halogens is 1. The third kappa shape index (κ3) is 3.66. The Balaban J connectivity index is 2.31. The molecule has 3 N–H and O–H groups in total. The summed E-state index contributed by atoms with van der Waals surface area (Å²) in [5.74, 6) is 5.30. The topological polar surface area (TPSA) is 94.1 Å². The smallest absolute Gasteiger partial charge is 0.272 e. The molecule has 0 radical (unpaired) electrons. The molecule has 1 aromatic carbocycles. The fraction of sp³-hybridized carbons (Fsp3) is 0. The molecule has 2 rings (SSSR count). The van der Waals surface area contributed by atoms with Crippen LogP contribution in [0.2, 0.25) is 0 Å². The Kier molecular flexibility index (Phi) is 4.35. The van der Waals surface area contributed by atoms with Gasteiger partial charge < -0.3 is 5.43 Å². The van der Waals surface area contributed by atoms with Gasteiger partial charge in [-0.3, -0.25) is 16.0 Å². The summed E-state index contributed by atoms with van der Waals surface area (Å²) in [7, 11) is 0. The van der Waals surface area contributed by atoms with Crippen molar-refractivity contribution in [2.24, 2.45) is 5.84 Å². The highest BCUT2D eigenvalue weighted by Gasteiger charge is 2.10. The van der Waals surface area contributed by atoms with E-state index in [1.165, 1.54) is 23.9 Å². The van der Waals surface area contributed by atoms with E-state index in [-0.39, 0.29) is 5.69 Å². The maximum absolute atomic E-state index is 10.8. The van der Waals surface area contributed by atoms with Crippen LogP contribution in [0.4, 0.5) is 11.4 Å². The van der Waals surface area contributed by atoms with Gasteiger partial charge in [0.25, 0.3) is 5.69 Å². The minimum absolute atomic E-state index is 0.0185. The van der Waals surface area contributed by atoms with E-state index in [4.69, 9.17) is 5.84 Å². The quantitative estimate of drug-likeness (QED) is 0.504. The van der Waals surface area contributed by atoms with Gasteiger partial charge in [0, 0.05) is 27.7 Å². The predicted octanol–water partition coefficient (Wildman–Crippen LogP) is 3.19. The van der Waals surface area contributed by atoms with Gasteiger partial charge in [0.1, 0.15) is 5.03 Å². The lowest BCUT2D eigenvalue weighted by Gasteiger charge is -2.05. The molecule has 0 aliphatic carbocycles. The lowest BCUT2D eigenvalue weighted by atomic mass is 10.3. The summed E-state index contributed by atoms with van der Waals surface area (Å²) >= 11 is 4.62. The number of benzene rings is 1. The molecule has 0 aliphatic heterocycles. The number of hydrogen-bond acceptors (Lipinski definition) is 6. The van der Waals surface area contributed by atoms with Crippen LogP contribution in [0.5, 0.6) is 0 Å². The Morgan fingerprint density at radius 3 is 2.74 bits per heavy atom. The third-order valence-electron chi connectivity index (χ3n) is 2.19. The standard InChI is InChI=1S/C11H9BrN4O2S/c12-7-1-2-11(14-6-7)19-10-4-8(15-13)3-9(5-10)16(17)18/h1-6,15H,13H2. The van der Waals surface area contributed by atoms with Crippen LogP contribution in [0, 0.1) is 10.1 Å². The van der Waals surface area contributed by atoms with Gasteiger partial charge in [-0.1, -0.05) is 11.8 Å². The molecule has 8 heteroatoms. The molecule has 1 aromatic heterocycles. The van der Waals surface area contributed by atoms with E-state index in [9.17, 15) is 10.1 Å². The summed E-state index contributed by atoms with van der Waals surface area (Å²) in [6.45, 7) is 0. The first-order chi connectivity index (χ1) is 9.08. The molecule has 1 heterocycles. The van der Waals surface area contributed by atoms with Gasteiger partial charge in [0.05, 0.1) is 10.6 Å². The van der Waals surface area contributed by atoms with Crippen molar-refractivity contribution in [1.29, 1.82) is 0 Å². The van der Waals surface area contributed by atoms with Crippen molar-refractivity contribution in [3.8, 4) is 0 Å². The van der Waals surface area contributed by atoms with Crippen LogP contribution in [0.15, 0.2) is 50.9 Å². The zero-order chi connectivity index (χ0) is 13.8. The van der Waals surface area contributed by atoms with E-state index in [1.54, 1.807) is 12.3 Å². The number of nitro benzene ring substituents is 1. The summed E-state index contributed by atoms with van der Waals surface area (Å²) in [5, 5.41) is 11.6. The molecule has 6 nitrogen and oxygen atoms in total. The van der Waals surface area contributed by atoms with Gasteiger partial charge >= 0.3 is 0 Å². The van der Waals surface area contributed by atoms with Crippen LogP contribution in [0.25, 0.3) is 0 Å². The number of nitrogens with zero attached hydrogens (tertiary/aromatic N) is 2. The normalized spacial score (nSPS) is 10.2. The highest BCUT2D eigenvalue weighted by Crippen LogP contribution is 2.32. The lowest BCUT2D eigenvalue weighted by molar-refractivity contribution is -0.385. The van der Waals surface area contributed by atoms with Gasteiger partial charge in [-0.05, 0) is 34.1 Å². The maximum Gasteiger partial charge on any atom is 0.272 e. The van der Waals surface area contributed by atoms with Crippen molar-refractivity contribution in [3.63, 3.8) is 0 Å². The largest absolute Gasteiger partial charge is 0.324 e. The van der Waals surface area contributed by atoms with E-state index in [0.717, 1.165) is 9.50 Å². The molecule has 0 saturated heterocycles. The van der Waals surface area contributed by atoms with Crippen LogP contribution in [0.3, 0.4) is 0 Å². The number of nitrogen functional groups attached to an aromatic ring is 1. The van der Waals surface area contributed by atoms with E-state index >= 15 is 0 Å². The summed E-state index contributed by atoms with van der Waals surface area (Å²) in [4.78, 5) is 15.3. The fourth-order valence-electron chi connectivity index (χ4n) is 1.37. The van der Waals surface area contributed by atoms with E-state index in [0.29, 0.717) is 10.6 Å². The van der Waals surface area contributed by atoms with Crippen molar-refractivity contribution in [3.05, 3.63) is 51.1 Å². The van der Waals surface area contributed by atoms with Crippen LogP contribution in [0.1, 0.15) is 0 Å². The molecule has 2 aromatic rings. The number of rotatable bonds is 4. The summed E-state index contributed by atoms with van der Waals surface area (Å²) in [6, 6.07) is 8.26. The maximum atomic E-state index is 10.8. The van der Waals surface area contributed by atoms with Crippen LogP contribution in [-0.2, 0) is 0 Å². The number of hydrazine groups is 1. The Bertz CT molecular complexity index is 606. The predicted molar refractivity (Wildman–Crippen MR) is 77.0 cm³/mol. The molecule has 0 aliphatic rings. The number of non-ortho nitro benzene ring substituents is 1. The average Bonchev–Trinajstić information content (AvgIpc) is 2.41. The molecule has 0 amide bonds. The molecule has 0 unspecified atom stereocenters. The number of anilines is 1. The van der Waals surface area contributed by atoms with Crippen LogP contribution >= 0.6 is 27.7 Å². The molecule has 0 spiro atoms. The van der Waals surface area contributed by atoms with Gasteiger partial charge in [-0.25, -0.2) is 4.98 Å². The monoisotopic (exact) mass is 340 g/mol. The first-order valence-electron chi connectivity index (χ1n) is 5.14. The molecule has 98 valence electrons. The molecule has 0 saturated carbocycles. The highest BCUT2D eigenvalue weighted by atomic mass is 79.9. The molecule has 0 atom stereocenters. The Morgan fingerprint density at radius 2 is 2.16 bits per heavy atom. The van der Waals surface area contributed by atoms with Crippen molar-refractivity contribution in [2.75, 3.05) is 5.43 Å². The summed E-state index contributed by atoms with van der Waals surface area (Å²) in [5.41, 5.74) is 2.87. The number of hydrogen-bond donors (Lipinski definition) is 2. The van der Waals surface area contributed by atoms with Crippen molar-refractivity contribution in [1.82, 2.24) is 4.98 Å². The number of nitro groups is 1. The second-order valence-electron chi connectivity index (χ2n) is 3.53. The average molecular weight is 341 g/mol. The minimum Gasteiger partial charge on any atom is -0.324 e. The van der Waals surface area contributed by atoms with E-state index < -0.39 is 4.92 Å². The van der Waals surface area contributed by atoms with Crippen LogP contribution in [-0.4, -0.2) is 9.91 Å². The highest BCUT2D eigenvalue weighted by molar-refractivity contribution is 9.10. The first-order valence-corrected chi connectivity index (χ1v) is 6.75. The second-order valence-corrected chi connectivity index (χ2v) is 5.54. The summed E-state index contributed by atoms with van der Waals surface area (Å²) in [6.07, 6.45) is 1.67. The first kappa shape index (κ1) is 13.8. The second kappa shape index (κ2) is 6.00. The minimum atomic E-state index is -0.458. The zero-order valence-corrected chi connectivity index (χ0v) is 11.9. The lowest BCUT2D eigenvalue weighted by Crippen LogP contribution is -2.07. The van der Waals surface area contributed by atoms with Gasteiger partial charge in [-0.2, -0.15) is 0 Å². The molecule has 0 bridgehead atoms.